The number of ether oxygens (including phenoxy) is 1. The second-order valence-electron chi connectivity index (χ2n) is 6.38. The van der Waals surface area contributed by atoms with E-state index in [1.54, 1.807) is 6.20 Å². The normalized spacial score (nSPS) is 17.4. The summed E-state index contributed by atoms with van der Waals surface area (Å²) in [4.78, 5) is 1.93. The number of rotatable bonds is 5. The Morgan fingerprint density at radius 2 is 1.96 bits per heavy atom. The van der Waals surface area contributed by atoms with Gasteiger partial charge in [-0.25, -0.2) is 8.78 Å². The van der Waals surface area contributed by atoms with Crippen LogP contribution >= 0.6 is 0 Å². The summed E-state index contributed by atoms with van der Waals surface area (Å²) in [5.74, 6) is -1.27. The molecule has 130 valence electrons. The number of H-pyrrole nitrogens is 1. The first-order valence-electron chi connectivity index (χ1n) is 7.94. The molecule has 1 aliphatic rings. The van der Waals surface area contributed by atoms with E-state index in [1.165, 1.54) is 18.2 Å². The molecule has 2 heterocycles. The first-order valence-corrected chi connectivity index (χ1v) is 7.94. The average Bonchev–Trinajstić information content (AvgIpc) is 2.95. The van der Waals surface area contributed by atoms with E-state index in [2.05, 4.69) is 10.2 Å². The van der Waals surface area contributed by atoms with Crippen molar-refractivity contribution in [2.24, 2.45) is 0 Å². The van der Waals surface area contributed by atoms with Crippen molar-refractivity contribution < 1.29 is 18.6 Å². The van der Waals surface area contributed by atoms with E-state index >= 15 is 0 Å². The number of benzene rings is 1. The maximum Gasteiger partial charge on any atom is 0.135 e. The molecule has 0 atom stereocenters. The Balaban J connectivity index is 1.76. The zero-order chi connectivity index (χ0) is 17.2. The predicted molar refractivity (Wildman–Crippen MR) is 85.3 cm³/mol. The van der Waals surface area contributed by atoms with Crippen molar-refractivity contribution in [1.82, 2.24) is 15.1 Å². The molecule has 1 aliphatic heterocycles. The zero-order valence-electron chi connectivity index (χ0n) is 13.6. The lowest BCUT2D eigenvalue weighted by molar-refractivity contribution is -0.0777. The van der Waals surface area contributed by atoms with Gasteiger partial charge in [-0.15, -0.1) is 0 Å². The monoisotopic (exact) mass is 337 g/mol. The van der Waals surface area contributed by atoms with Gasteiger partial charge in [-0.05, 0) is 19.2 Å². The number of aromatic amines is 1. The topological polar surface area (TPSA) is 61.4 Å². The minimum absolute atomic E-state index is 0.108. The number of aromatic nitrogens is 2. The first-order chi connectivity index (χ1) is 11.5. The molecule has 1 aromatic carbocycles. The lowest BCUT2D eigenvalue weighted by Gasteiger charge is -2.35. The summed E-state index contributed by atoms with van der Waals surface area (Å²) in [5.41, 5.74) is 0.108. The van der Waals surface area contributed by atoms with Crippen molar-refractivity contribution in [1.29, 1.82) is 0 Å². The highest BCUT2D eigenvalue weighted by molar-refractivity contribution is 5.64. The van der Waals surface area contributed by atoms with Crippen LogP contribution in [-0.2, 0) is 11.3 Å². The van der Waals surface area contributed by atoms with Crippen LogP contribution in [-0.4, -0.2) is 52.6 Å². The van der Waals surface area contributed by atoms with Gasteiger partial charge in [0, 0.05) is 44.7 Å². The molecule has 0 unspecified atom stereocenters. The highest BCUT2D eigenvalue weighted by Gasteiger charge is 2.31. The fourth-order valence-electron chi connectivity index (χ4n) is 3.14. The Kier molecular flexibility index (Phi) is 4.93. The van der Waals surface area contributed by atoms with Gasteiger partial charge >= 0.3 is 0 Å². The van der Waals surface area contributed by atoms with E-state index < -0.39 is 17.2 Å². The smallest absolute Gasteiger partial charge is 0.135 e. The molecule has 24 heavy (non-hydrogen) atoms. The van der Waals surface area contributed by atoms with Crippen LogP contribution in [0.5, 0.6) is 0 Å². The van der Waals surface area contributed by atoms with Crippen molar-refractivity contribution in [2.75, 3.05) is 26.8 Å². The Hall–Kier alpha value is -1.83. The molecular weight excluding hydrogens is 316 g/mol. The van der Waals surface area contributed by atoms with Crippen LogP contribution in [0.25, 0.3) is 11.3 Å². The van der Waals surface area contributed by atoms with Gasteiger partial charge in [0.2, 0.25) is 0 Å². The third kappa shape index (κ3) is 3.63. The number of hydrogen-bond donors (Lipinski definition) is 2. The highest BCUT2D eigenvalue weighted by atomic mass is 19.1. The summed E-state index contributed by atoms with van der Waals surface area (Å²) in [5, 5.41) is 17.2. The van der Waals surface area contributed by atoms with E-state index in [0.717, 1.165) is 0 Å². The van der Waals surface area contributed by atoms with E-state index in [4.69, 9.17) is 4.74 Å². The third-order valence-corrected chi connectivity index (χ3v) is 4.36. The van der Waals surface area contributed by atoms with Crippen molar-refractivity contribution in [3.05, 3.63) is 41.6 Å². The van der Waals surface area contributed by atoms with Gasteiger partial charge in [0.25, 0.3) is 0 Å². The number of halogens is 2. The van der Waals surface area contributed by atoms with E-state index in [-0.39, 0.29) is 5.56 Å². The molecule has 3 rings (SSSR count). The SMILES string of the molecule is CN(Cc1cn[nH]c1-c1c(F)cccc1F)CC1(O)CCOCC1. The Morgan fingerprint density at radius 3 is 2.62 bits per heavy atom. The third-order valence-electron chi connectivity index (χ3n) is 4.36. The average molecular weight is 337 g/mol. The second-order valence-corrected chi connectivity index (χ2v) is 6.38. The lowest BCUT2D eigenvalue weighted by atomic mass is 9.93. The van der Waals surface area contributed by atoms with E-state index in [9.17, 15) is 13.9 Å². The number of nitrogens with one attached hydrogen (secondary N) is 1. The summed E-state index contributed by atoms with van der Waals surface area (Å²) in [7, 11) is 1.86. The van der Waals surface area contributed by atoms with E-state index in [1.807, 2.05) is 11.9 Å². The van der Waals surface area contributed by atoms with Crippen molar-refractivity contribution >= 4 is 0 Å². The summed E-state index contributed by atoms with van der Waals surface area (Å²) >= 11 is 0. The summed E-state index contributed by atoms with van der Waals surface area (Å²) in [6.45, 7) is 1.97. The van der Waals surface area contributed by atoms with Crippen LogP contribution in [0.4, 0.5) is 8.78 Å². The molecule has 0 spiro atoms. The van der Waals surface area contributed by atoms with Crippen LogP contribution < -0.4 is 0 Å². The molecule has 1 aromatic heterocycles. The molecule has 2 aromatic rings. The van der Waals surface area contributed by atoms with Crippen LogP contribution in [0.15, 0.2) is 24.4 Å². The molecule has 7 heteroatoms. The van der Waals surface area contributed by atoms with Crippen molar-refractivity contribution in [2.45, 2.75) is 25.0 Å². The molecule has 5 nitrogen and oxygen atoms in total. The molecule has 0 radical (unpaired) electrons. The number of aliphatic hydroxyl groups is 1. The maximum atomic E-state index is 14.0. The Labute approximate surface area is 139 Å². The minimum Gasteiger partial charge on any atom is -0.388 e. The number of likely N-dealkylation sites (N-methyl/N-ethyl adjacent to an activating group) is 1. The standard InChI is InChI=1S/C17H21F2N3O2/c1-22(11-17(23)5-7-24-8-6-17)10-12-9-20-21-16(12)15-13(18)3-2-4-14(15)19/h2-4,9,23H,5-8,10-11H2,1H3,(H,20,21). The van der Waals surface area contributed by atoms with Crippen molar-refractivity contribution in [3.63, 3.8) is 0 Å². The molecule has 0 aliphatic carbocycles. The maximum absolute atomic E-state index is 14.0. The Bertz CT molecular complexity index is 679. The second kappa shape index (κ2) is 6.96. The van der Waals surface area contributed by atoms with Crippen LogP contribution in [0, 0.1) is 11.6 Å². The lowest BCUT2D eigenvalue weighted by Crippen LogP contribution is -2.45. The fourth-order valence-corrected chi connectivity index (χ4v) is 3.14. The summed E-state index contributed by atoms with van der Waals surface area (Å²) in [6.07, 6.45) is 2.72. The van der Waals surface area contributed by atoms with Crippen LogP contribution in [0.1, 0.15) is 18.4 Å². The number of nitrogens with zero attached hydrogens (tertiary/aromatic N) is 2. The Morgan fingerprint density at radius 1 is 1.29 bits per heavy atom. The minimum atomic E-state index is -0.792. The molecule has 1 fully saturated rings. The fraction of sp³-hybridized carbons (Fsp3) is 0.471. The molecule has 0 bridgehead atoms. The zero-order valence-corrected chi connectivity index (χ0v) is 13.6. The number of hydrogen-bond acceptors (Lipinski definition) is 4. The van der Waals surface area contributed by atoms with Gasteiger partial charge in [0.05, 0.1) is 23.1 Å². The van der Waals surface area contributed by atoms with E-state index in [0.29, 0.717) is 50.4 Å². The predicted octanol–water partition coefficient (Wildman–Crippen LogP) is 2.33. The van der Waals surface area contributed by atoms with Gasteiger partial charge in [0.15, 0.2) is 0 Å². The van der Waals surface area contributed by atoms with Gasteiger partial charge in [-0.2, -0.15) is 5.10 Å². The van der Waals surface area contributed by atoms with Gasteiger partial charge < -0.3 is 9.84 Å². The van der Waals surface area contributed by atoms with Gasteiger partial charge in [0.1, 0.15) is 11.6 Å². The molecular formula is C17H21F2N3O2. The molecule has 0 amide bonds. The molecule has 1 saturated heterocycles. The summed E-state index contributed by atoms with van der Waals surface area (Å²) < 4.78 is 33.3. The largest absolute Gasteiger partial charge is 0.388 e. The van der Waals surface area contributed by atoms with Gasteiger partial charge in [-0.1, -0.05) is 6.07 Å². The van der Waals surface area contributed by atoms with Crippen LogP contribution in [0.3, 0.4) is 0 Å². The van der Waals surface area contributed by atoms with Gasteiger partial charge in [-0.3, -0.25) is 10.00 Å². The van der Waals surface area contributed by atoms with Crippen LogP contribution in [0.2, 0.25) is 0 Å². The summed E-state index contributed by atoms with van der Waals surface area (Å²) in [6, 6.07) is 3.77. The molecule has 0 saturated carbocycles. The quantitative estimate of drug-likeness (QED) is 0.879. The highest BCUT2D eigenvalue weighted by Crippen LogP contribution is 2.28. The van der Waals surface area contributed by atoms with Crippen molar-refractivity contribution in [3.8, 4) is 11.3 Å². The first kappa shape index (κ1) is 17.0. The molecule has 2 N–H and O–H groups in total.